The Kier molecular flexibility index (Phi) is 6.51. The fraction of sp³-hybridized carbons (Fsp3) is 1.00. The van der Waals surface area contributed by atoms with Crippen LogP contribution < -0.4 is 0 Å². The number of rotatable bonds is 6. The minimum absolute atomic E-state index is 0.483. The van der Waals surface area contributed by atoms with Gasteiger partial charge in [0, 0.05) is 6.04 Å². The molecule has 15 heavy (non-hydrogen) atoms. The van der Waals surface area contributed by atoms with Crippen molar-refractivity contribution in [2.45, 2.75) is 66.8 Å². The van der Waals surface area contributed by atoms with E-state index in [0.717, 1.165) is 5.92 Å². The quantitative estimate of drug-likeness (QED) is 0.640. The van der Waals surface area contributed by atoms with E-state index in [4.69, 9.17) is 0 Å². The van der Waals surface area contributed by atoms with Gasteiger partial charge in [-0.1, -0.05) is 34.1 Å². The van der Waals surface area contributed by atoms with E-state index >= 15 is 0 Å². The van der Waals surface area contributed by atoms with Gasteiger partial charge in [-0.15, -0.1) is 0 Å². The minimum Gasteiger partial charge on any atom is -0.304 e. The summed E-state index contributed by atoms with van der Waals surface area (Å²) in [6.07, 6.45) is 4.03. The number of hydrogen-bond donors (Lipinski definition) is 0. The van der Waals surface area contributed by atoms with Crippen LogP contribution in [0.4, 0.5) is 0 Å². The van der Waals surface area contributed by atoms with Crippen molar-refractivity contribution in [3.8, 4) is 0 Å². The lowest BCUT2D eigenvalue weighted by Crippen LogP contribution is -2.29. The molecular formula is C14H31N. The monoisotopic (exact) mass is 213 g/mol. The smallest absolute Gasteiger partial charge is 0.00355 e. The fourth-order valence-corrected chi connectivity index (χ4v) is 1.96. The Morgan fingerprint density at radius 3 is 2.00 bits per heavy atom. The highest BCUT2D eigenvalue weighted by Crippen LogP contribution is 2.28. The van der Waals surface area contributed by atoms with Crippen molar-refractivity contribution in [1.29, 1.82) is 0 Å². The third kappa shape index (κ3) is 7.84. The van der Waals surface area contributed by atoms with Crippen LogP contribution in [0.2, 0.25) is 0 Å². The van der Waals surface area contributed by atoms with Crippen LogP contribution in [0.5, 0.6) is 0 Å². The Balaban J connectivity index is 3.90. The van der Waals surface area contributed by atoms with E-state index in [9.17, 15) is 0 Å². The SMILES string of the molecule is CCC(CCN(C)C(C)C)CC(C)(C)C. The molecule has 0 saturated carbocycles. The standard InChI is InChI=1S/C14H31N/c1-8-13(11-14(4,5)6)9-10-15(7)12(2)3/h12-13H,8-11H2,1-7H3. The van der Waals surface area contributed by atoms with E-state index in [2.05, 4.69) is 53.5 Å². The second-order valence-electron chi connectivity index (χ2n) is 6.40. The second kappa shape index (κ2) is 6.52. The van der Waals surface area contributed by atoms with Crippen LogP contribution in [-0.2, 0) is 0 Å². The van der Waals surface area contributed by atoms with Crippen LogP contribution in [0, 0.1) is 11.3 Å². The minimum atomic E-state index is 0.483. The van der Waals surface area contributed by atoms with Gasteiger partial charge in [-0.05, 0) is 51.6 Å². The summed E-state index contributed by atoms with van der Waals surface area (Å²) >= 11 is 0. The van der Waals surface area contributed by atoms with E-state index in [1.54, 1.807) is 0 Å². The predicted octanol–water partition coefficient (Wildman–Crippen LogP) is 4.18. The Labute approximate surface area is 97.2 Å². The lowest BCUT2D eigenvalue weighted by Gasteiger charge is -2.28. The molecule has 0 aromatic heterocycles. The van der Waals surface area contributed by atoms with Crippen molar-refractivity contribution >= 4 is 0 Å². The van der Waals surface area contributed by atoms with Crippen molar-refractivity contribution in [3.63, 3.8) is 0 Å². The van der Waals surface area contributed by atoms with Gasteiger partial charge in [-0.2, -0.15) is 0 Å². The molecule has 0 saturated heterocycles. The van der Waals surface area contributed by atoms with Crippen LogP contribution in [0.15, 0.2) is 0 Å². The fourth-order valence-electron chi connectivity index (χ4n) is 1.96. The summed E-state index contributed by atoms with van der Waals surface area (Å²) in [5.74, 6) is 0.895. The molecule has 0 aliphatic carbocycles. The maximum atomic E-state index is 2.45. The molecule has 0 amide bonds. The van der Waals surface area contributed by atoms with Crippen molar-refractivity contribution in [3.05, 3.63) is 0 Å². The molecule has 0 rings (SSSR count). The molecule has 0 aliphatic heterocycles. The summed E-state index contributed by atoms with van der Waals surface area (Å²) in [4.78, 5) is 2.45. The molecule has 0 N–H and O–H groups in total. The molecule has 0 aliphatic rings. The Morgan fingerprint density at radius 2 is 1.67 bits per heavy atom. The van der Waals surface area contributed by atoms with E-state index in [0.29, 0.717) is 11.5 Å². The molecule has 92 valence electrons. The Morgan fingerprint density at radius 1 is 1.13 bits per heavy atom. The molecule has 0 aromatic carbocycles. The zero-order chi connectivity index (χ0) is 12.1. The van der Waals surface area contributed by atoms with Gasteiger partial charge < -0.3 is 4.90 Å². The van der Waals surface area contributed by atoms with Gasteiger partial charge in [0.15, 0.2) is 0 Å². The normalized spacial score (nSPS) is 15.0. The summed E-state index contributed by atoms with van der Waals surface area (Å²) in [6, 6.07) is 0.678. The first kappa shape index (κ1) is 15.0. The zero-order valence-corrected chi connectivity index (χ0v) is 11.9. The third-order valence-electron chi connectivity index (χ3n) is 3.25. The van der Waals surface area contributed by atoms with E-state index in [-0.39, 0.29) is 0 Å². The van der Waals surface area contributed by atoms with Crippen molar-refractivity contribution in [1.82, 2.24) is 4.90 Å². The van der Waals surface area contributed by atoms with Gasteiger partial charge in [0.1, 0.15) is 0 Å². The summed E-state index contributed by atoms with van der Waals surface area (Å²) in [6.45, 7) is 15.2. The average molecular weight is 213 g/mol. The van der Waals surface area contributed by atoms with Gasteiger partial charge in [0.2, 0.25) is 0 Å². The van der Waals surface area contributed by atoms with Crippen LogP contribution in [0.1, 0.15) is 60.8 Å². The van der Waals surface area contributed by atoms with E-state index in [1.807, 2.05) is 0 Å². The average Bonchev–Trinajstić information content (AvgIpc) is 2.09. The third-order valence-corrected chi connectivity index (χ3v) is 3.25. The Hall–Kier alpha value is -0.0400. The van der Waals surface area contributed by atoms with E-state index < -0.39 is 0 Å². The van der Waals surface area contributed by atoms with E-state index in [1.165, 1.54) is 25.8 Å². The summed E-state index contributed by atoms with van der Waals surface area (Å²) in [5, 5.41) is 0. The lowest BCUT2D eigenvalue weighted by molar-refractivity contribution is 0.217. The summed E-state index contributed by atoms with van der Waals surface area (Å²) in [7, 11) is 2.23. The Bertz CT molecular complexity index is 155. The number of nitrogens with zero attached hydrogens (tertiary/aromatic N) is 1. The summed E-state index contributed by atoms with van der Waals surface area (Å²) < 4.78 is 0. The first-order valence-corrected chi connectivity index (χ1v) is 6.46. The number of hydrogen-bond acceptors (Lipinski definition) is 1. The molecule has 0 spiro atoms. The molecule has 0 heterocycles. The summed E-state index contributed by atoms with van der Waals surface area (Å²) in [5.41, 5.74) is 0.483. The van der Waals surface area contributed by atoms with Crippen molar-refractivity contribution in [2.75, 3.05) is 13.6 Å². The molecule has 0 radical (unpaired) electrons. The van der Waals surface area contributed by atoms with Crippen LogP contribution in [-0.4, -0.2) is 24.5 Å². The molecule has 0 fully saturated rings. The van der Waals surface area contributed by atoms with Crippen molar-refractivity contribution < 1.29 is 0 Å². The largest absolute Gasteiger partial charge is 0.304 e. The van der Waals surface area contributed by atoms with Crippen LogP contribution in [0.25, 0.3) is 0 Å². The topological polar surface area (TPSA) is 3.24 Å². The van der Waals surface area contributed by atoms with Crippen molar-refractivity contribution in [2.24, 2.45) is 11.3 Å². The first-order chi connectivity index (χ1) is 6.76. The second-order valence-corrected chi connectivity index (χ2v) is 6.40. The lowest BCUT2D eigenvalue weighted by atomic mass is 9.82. The highest BCUT2D eigenvalue weighted by Gasteiger charge is 2.17. The zero-order valence-electron chi connectivity index (χ0n) is 11.9. The van der Waals surface area contributed by atoms with Crippen LogP contribution in [0.3, 0.4) is 0 Å². The maximum Gasteiger partial charge on any atom is 0.00355 e. The molecule has 0 bridgehead atoms. The van der Waals surface area contributed by atoms with Gasteiger partial charge in [-0.25, -0.2) is 0 Å². The highest BCUT2D eigenvalue weighted by molar-refractivity contribution is 4.70. The molecule has 1 heteroatoms. The first-order valence-electron chi connectivity index (χ1n) is 6.46. The molecular weight excluding hydrogens is 182 g/mol. The molecule has 1 unspecified atom stereocenters. The highest BCUT2D eigenvalue weighted by atomic mass is 15.1. The van der Waals surface area contributed by atoms with Gasteiger partial charge in [0.05, 0.1) is 0 Å². The van der Waals surface area contributed by atoms with Gasteiger partial charge in [-0.3, -0.25) is 0 Å². The molecule has 1 atom stereocenters. The predicted molar refractivity (Wildman–Crippen MR) is 70.2 cm³/mol. The maximum absolute atomic E-state index is 2.45. The van der Waals surface area contributed by atoms with Gasteiger partial charge >= 0.3 is 0 Å². The van der Waals surface area contributed by atoms with Gasteiger partial charge in [0.25, 0.3) is 0 Å². The molecule has 0 aromatic rings. The molecule has 1 nitrogen and oxygen atoms in total. The van der Waals surface area contributed by atoms with Crippen LogP contribution >= 0.6 is 0 Å².